The Labute approximate surface area is 167 Å². The monoisotopic (exact) mass is 399 g/mol. The summed E-state index contributed by atoms with van der Waals surface area (Å²) in [5, 5.41) is 3.69. The molecule has 1 aliphatic heterocycles. The molecule has 1 aromatic heterocycles. The van der Waals surface area contributed by atoms with Gasteiger partial charge in [-0.1, -0.05) is 23.7 Å². The number of aromatic amines is 2. The third-order valence-electron chi connectivity index (χ3n) is 5.22. The molecule has 28 heavy (non-hydrogen) atoms. The van der Waals surface area contributed by atoms with Crippen LogP contribution in [0.1, 0.15) is 6.92 Å². The van der Waals surface area contributed by atoms with E-state index >= 15 is 0 Å². The summed E-state index contributed by atoms with van der Waals surface area (Å²) in [6, 6.07) is 12.9. The predicted octanol–water partition coefficient (Wildman–Crippen LogP) is 2.66. The molecule has 0 aliphatic carbocycles. The highest BCUT2D eigenvalue weighted by Gasteiger charge is 2.26. The minimum Gasteiger partial charge on any atom is -0.368 e. The highest BCUT2D eigenvalue weighted by atomic mass is 35.5. The van der Waals surface area contributed by atoms with Crippen LogP contribution in [0.15, 0.2) is 47.3 Å². The number of aromatic nitrogens is 2. The van der Waals surface area contributed by atoms with Gasteiger partial charge in [0.25, 0.3) is 0 Å². The zero-order valence-electron chi connectivity index (χ0n) is 15.5. The molecule has 3 N–H and O–H groups in total. The lowest BCUT2D eigenvalue weighted by molar-refractivity contribution is -0.120. The van der Waals surface area contributed by atoms with Crippen LogP contribution in [0.2, 0.25) is 5.02 Å². The van der Waals surface area contributed by atoms with Crippen LogP contribution in [0.25, 0.3) is 11.0 Å². The number of para-hydroxylation sites is 1. The second-order valence-electron chi connectivity index (χ2n) is 6.98. The van der Waals surface area contributed by atoms with Gasteiger partial charge in [-0.15, -0.1) is 0 Å². The molecular weight excluding hydrogens is 378 g/mol. The Bertz CT molecular complexity index is 1050. The predicted molar refractivity (Wildman–Crippen MR) is 112 cm³/mol. The number of hydrogen-bond donors (Lipinski definition) is 3. The van der Waals surface area contributed by atoms with Gasteiger partial charge in [-0.25, -0.2) is 4.79 Å². The number of carbonyl (C=O) groups excluding carboxylic acids is 1. The van der Waals surface area contributed by atoms with Gasteiger partial charge in [0.2, 0.25) is 5.91 Å². The molecule has 1 aliphatic rings. The van der Waals surface area contributed by atoms with Crippen LogP contribution < -0.4 is 15.9 Å². The number of fused-ring (bicyclic) bond motifs is 1. The van der Waals surface area contributed by atoms with Crippen molar-refractivity contribution < 1.29 is 4.79 Å². The molecule has 8 heteroatoms. The first-order chi connectivity index (χ1) is 13.5. The molecule has 1 fully saturated rings. The molecule has 1 saturated heterocycles. The topological polar surface area (TPSA) is 84.2 Å². The van der Waals surface area contributed by atoms with Gasteiger partial charge in [-0.05, 0) is 37.3 Å². The van der Waals surface area contributed by atoms with Crippen LogP contribution in [0.4, 0.5) is 11.4 Å². The van der Waals surface area contributed by atoms with E-state index in [0.29, 0.717) is 16.7 Å². The third kappa shape index (κ3) is 3.76. The fraction of sp³-hybridized carbons (Fsp3) is 0.300. The molecule has 0 unspecified atom stereocenters. The fourth-order valence-electron chi connectivity index (χ4n) is 3.58. The van der Waals surface area contributed by atoms with Gasteiger partial charge in [-0.2, -0.15) is 0 Å². The highest BCUT2D eigenvalue weighted by molar-refractivity contribution is 6.33. The Hall–Kier alpha value is -2.77. The molecule has 2 aromatic carbocycles. The van der Waals surface area contributed by atoms with E-state index in [0.717, 1.165) is 36.9 Å². The van der Waals surface area contributed by atoms with Crippen molar-refractivity contribution in [2.45, 2.75) is 13.0 Å². The number of imidazole rings is 1. The molecule has 0 bridgehead atoms. The third-order valence-corrected chi connectivity index (χ3v) is 5.54. The molecule has 7 nitrogen and oxygen atoms in total. The number of piperazine rings is 1. The maximum atomic E-state index is 12.7. The van der Waals surface area contributed by atoms with Crippen LogP contribution in [0.3, 0.4) is 0 Å². The average Bonchev–Trinajstić information content (AvgIpc) is 3.07. The first-order valence-corrected chi connectivity index (χ1v) is 9.65. The number of H-pyrrole nitrogens is 2. The maximum Gasteiger partial charge on any atom is 0.323 e. The maximum absolute atomic E-state index is 12.7. The molecule has 3 aromatic rings. The number of carbonyl (C=O) groups is 1. The summed E-state index contributed by atoms with van der Waals surface area (Å²) in [6.07, 6.45) is 0. The second-order valence-corrected chi connectivity index (χ2v) is 7.39. The zero-order chi connectivity index (χ0) is 19.7. The number of hydrogen-bond acceptors (Lipinski definition) is 4. The number of nitrogens with one attached hydrogen (secondary N) is 3. The Morgan fingerprint density at radius 3 is 2.54 bits per heavy atom. The molecule has 4 rings (SSSR count). The van der Waals surface area contributed by atoms with E-state index < -0.39 is 0 Å². The summed E-state index contributed by atoms with van der Waals surface area (Å²) in [5.41, 5.74) is 2.82. The van der Waals surface area contributed by atoms with E-state index in [2.05, 4.69) is 25.1 Å². The minimum atomic E-state index is -0.261. The summed E-state index contributed by atoms with van der Waals surface area (Å²) in [6.45, 7) is 5.11. The quantitative estimate of drug-likeness (QED) is 0.629. The van der Waals surface area contributed by atoms with Crippen LogP contribution >= 0.6 is 11.6 Å². The summed E-state index contributed by atoms with van der Waals surface area (Å²) in [7, 11) is 0. The van der Waals surface area contributed by atoms with Crippen molar-refractivity contribution in [2.75, 3.05) is 36.4 Å². The first-order valence-electron chi connectivity index (χ1n) is 9.28. The van der Waals surface area contributed by atoms with Crippen molar-refractivity contribution in [3.8, 4) is 0 Å². The van der Waals surface area contributed by atoms with E-state index in [1.54, 1.807) is 18.2 Å². The lowest BCUT2D eigenvalue weighted by Gasteiger charge is -2.38. The number of amides is 1. The van der Waals surface area contributed by atoms with Gasteiger partial charge in [-0.3, -0.25) is 9.69 Å². The average molecular weight is 400 g/mol. The molecule has 2 heterocycles. The number of nitrogens with zero attached hydrogens (tertiary/aromatic N) is 2. The molecular formula is C20H22ClN5O2. The standard InChI is InChI=1S/C20H22ClN5O2/c1-13(19(27)22-14-6-7-16-17(12-14)24-20(28)23-16)25-8-10-26(11-9-25)18-5-3-2-4-15(18)21/h2-7,12-13H,8-11H2,1H3,(H,22,27)(H2,23,24,28)/t13-/m0/s1. The summed E-state index contributed by atoms with van der Waals surface area (Å²) in [4.78, 5) is 33.9. The Kier molecular flexibility index (Phi) is 5.11. The van der Waals surface area contributed by atoms with Gasteiger partial charge >= 0.3 is 5.69 Å². The SMILES string of the molecule is C[C@@H](C(=O)Nc1ccc2[nH]c(=O)[nH]c2c1)N1CCN(c2ccccc2Cl)CC1. The van der Waals surface area contributed by atoms with Crippen molar-refractivity contribution in [1.82, 2.24) is 14.9 Å². The van der Waals surface area contributed by atoms with Gasteiger partial charge in [0.1, 0.15) is 0 Å². The van der Waals surface area contributed by atoms with Gasteiger partial charge < -0.3 is 20.2 Å². The Morgan fingerprint density at radius 2 is 1.79 bits per heavy atom. The smallest absolute Gasteiger partial charge is 0.323 e. The van der Waals surface area contributed by atoms with Crippen LogP contribution in [-0.2, 0) is 4.79 Å². The second kappa shape index (κ2) is 7.69. The Balaban J connectivity index is 1.37. The van der Waals surface area contributed by atoms with Crippen molar-refractivity contribution in [2.24, 2.45) is 0 Å². The minimum absolute atomic E-state index is 0.0663. The van der Waals surface area contributed by atoms with Crippen LogP contribution in [0, 0.1) is 0 Å². The molecule has 0 saturated carbocycles. The lowest BCUT2D eigenvalue weighted by Crippen LogP contribution is -2.52. The molecule has 1 atom stereocenters. The van der Waals surface area contributed by atoms with Crippen molar-refractivity contribution >= 4 is 39.9 Å². The zero-order valence-corrected chi connectivity index (χ0v) is 16.3. The normalized spacial score (nSPS) is 16.3. The summed E-state index contributed by atoms with van der Waals surface area (Å²) < 4.78 is 0. The van der Waals surface area contributed by atoms with E-state index in [1.807, 2.05) is 31.2 Å². The van der Waals surface area contributed by atoms with Crippen molar-refractivity contribution in [1.29, 1.82) is 0 Å². The summed E-state index contributed by atoms with van der Waals surface area (Å²) in [5.74, 6) is -0.0663. The van der Waals surface area contributed by atoms with E-state index in [1.165, 1.54) is 0 Å². The molecule has 1 amide bonds. The van der Waals surface area contributed by atoms with E-state index in [-0.39, 0.29) is 17.6 Å². The van der Waals surface area contributed by atoms with Crippen molar-refractivity contribution in [3.63, 3.8) is 0 Å². The van der Waals surface area contributed by atoms with E-state index in [9.17, 15) is 9.59 Å². The van der Waals surface area contributed by atoms with Crippen molar-refractivity contribution in [3.05, 3.63) is 58.0 Å². The van der Waals surface area contributed by atoms with E-state index in [4.69, 9.17) is 11.6 Å². The van der Waals surface area contributed by atoms with Crippen LogP contribution in [0.5, 0.6) is 0 Å². The first kappa shape index (κ1) is 18.6. The fourth-order valence-corrected chi connectivity index (χ4v) is 3.84. The molecule has 0 spiro atoms. The summed E-state index contributed by atoms with van der Waals surface area (Å²) >= 11 is 6.30. The van der Waals surface area contributed by atoms with Gasteiger partial charge in [0, 0.05) is 31.9 Å². The lowest BCUT2D eigenvalue weighted by atomic mass is 10.2. The largest absolute Gasteiger partial charge is 0.368 e. The highest BCUT2D eigenvalue weighted by Crippen LogP contribution is 2.26. The number of halogens is 1. The Morgan fingerprint density at radius 1 is 1.07 bits per heavy atom. The van der Waals surface area contributed by atoms with Crippen LogP contribution in [-0.4, -0.2) is 53.0 Å². The molecule has 0 radical (unpaired) electrons. The number of rotatable bonds is 4. The molecule has 146 valence electrons. The number of benzene rings is 2. The van der Waals surface area contributed by atoms with Gasteiger partial charge in [0.15, 0.2) is 0 Å². The number of anilines is 2. The van der Waals surface area contributed by atoms with Gasteiger partial charge in [0.05, 0.1) is 27.8 Å².